The Kier molecular flexibility index (Phi) is 3.84. The molecule has 1 aliphatic rings. The molecule has 1 unspecified atom stereocenters. The second-order valence-corrected chi connectivity index (χ2v) is 4.97. The van der Waals surface area contributed by atoms with E-state index in [1.54, 1.807) is 19.3 Å². The third kappa shape index (κ3) is 2.21. The van der Waals surface area contributed by atoms with Crippen LogP contribution in [0.3, 0.4) is 0 Å². The Hall–Kier alpha value is -1.18. The van der Waals surface area contributed by atoms with Gasteiger partial charge in [0.15, 0.2) is 0 Å². The Morgan fingerprint density at radius 1 is 1.56 bits per heavy atom. The maximum Gasteiger partial charge on any atom is 0.261 e. The molecular weight excluding hydrogens is 302 g/mol. The summed E-state index contributed by atoms with van der Waals surface area (Å²) in [6.45, 7) is 0.274. The minimum Gasteiger partial charge on any atom is -0.396 e. The molecule has 1 aromatic rings. The summed E-state index contributed by atoms with van der Waals surface area (Å²) in [5.74, 6) is 0.175. The standard InChI is InChI=1S/C11H14BrN3O3/c1-14-9-8(5-7(12)6-13-9)10(17)15(11(14)18)3-2-4-16/h5-6,11,16,18H,2-4H2,1H3. The Morgan fingerprint density at radius 2 is 2.28 bits per heavy atom. The number of hydrogen-bond donors (Lipinski definition) is 2. The van der Waals surface area contributed by atoms with Crippen LogP contribution in [0.5, 0.6) is 0 Å². The summed E-state index contributed by atoms with van der Waals surface area (Å²) >= 11 is 3.27. The van der Waals surface area contributed by atoms with Gasteiger partial charge in [0, 0.05) is 30.9 Å². The van der Waals surface area contributed by atoms with Crippen LogP contribution in [0.1, 0.15) is 16.8 Å². The number of amides is 1. The lowest BCUT2D eigenvalue weighted by Gasteiger charge is -2.39. The molecule has 2 N–H and O–H groups in total. The Bertz CT molecular complexity index is 469. The third-order valence-corrected chi connectivity index (χ3v) is 3.27. The average Bonchev–Trinajstić information content (AvgIpc) is 2.36. The molecule has 6 nitrogen and oxygen atoms in total. The summed E-state index contributed by atoms with van der Waals surface area (Å²) in [5, 5.41) is 18.9. The fourth-order valence-corrected chi connectivity index (χ4v) is 2.24. The zero-order valence-corrected chi connectivity index (χ0v) is 11.5. The molecule has 0 saturated heterocycles. The molecule has 0 bridgehead atoms. The summed E-state index contributed by atoms with van der Waals surface area (Å²) in [6, 6.07) is 1.68. The SMILES string of the molecule is CN1c2ncc(Br)cc2C(=O)N(CCCO)C1O. The number of anilines is 1. The van der Waals surface area contributed by atoms with Gasteiger partial charge < -0.3 is 15.1 Å². The highest BCUT2D eigenvalue weighted by atomic mass is 79.9. The molecule has 1 atom stereocenters. The summed E-state index contributed by atoms with van der Waals surface area (Å²) in [7, 11) is 1.67. The van der Waals surface area contributed by atoms with E-state index in [4.69, 9.17) is 5.11 Å². The van der Waals surface area contributed by atoms with Gasteiger partial charge >= 0.3 is 0 Å². The van der Waals surface area contributed by atoms with Crippen molar-refractivity contribution in [2.75, 3.05) is 25.1 Å². The first-order valence-electron chi connectivity index (χ1n) is 5.54. The summed E-state index contributed by atoms with van der Waals surface area (Å²) in [4.78, 5) is 19.2. The van der Waals surface area contributed by atoms with Gasteiger partial charge in [-0.2, -0.15) is 0 Å². The van der Waals surface area contributed by atoms with Crippen molar-refractivity contribution in [1.29, 1.82) is 0 Å². The highest BCUT2D eigenvalue weighted by Crippen LogP contribution is 2.28. The maximum atomic E-state index is 12.2. The number of halogens is 1. The fourth-order valence-electron chi connectivity index (χ4n) is 1.91. The second kappa shape index (κ2) is 5.21. The number of carbonyl (C=O) groups excluding carboxylic acids is 1. The molecule has 1 aliphatic heterocycles. The second-order valence-electron chi connectivity index (χ2n) is 4.06. The van der Waals surface area contributed by atoms with Crippen molar-refractivity contribution < 1.29 is 15.0 Å². The summed E-state index contributed by atoms with van der Waals surface area (Å²) in [6.07, 6.45) is 0.955. The van der Waals surface area contributed by atoms with E-state index in [-0.39, 0.29) is 12.5 Å². The number of fused-ring (bicyclic) bond motifs is 1. The number of aliphatic hydroxyl groups is 2. The number of aromatic nitrogens is 1. The van der Waals surface area contributed by atoms with Crippen LogP contribution >= 0.6 is 15.9 Å². The quantitative estimate of drug-likeness (QED) is 0.844. The van der Waals surface area contributed by atoms with Gasteiger partial charge in [-0.3, -0.25) is 9.69 Å². The zero-order valence-electron chi connectivity index (χ0n) is 9.88. The van der Waals surface area contributed by atoms with E-state index in [2.05, 4.69) is 20.9 Å². The highest BCUT2D eigenvalue weighted by Gasteiger charge is 2.35. The monoisotopic (exact) mass is 315 g/mol. The van der Waals surface area contributed by atoms with Crippen LogP contribution in [0.4, 0.5) is 5.82 Å². The lowest BCUT2D eigenvalue weighted by molar-refractivity contribution is 0.00183. The minimum absolute atomic E-state index is 0.0240. The number of rotatable bonds is 3. The molecule has 0 aromatic carbocycles. The highest BCUT2D eigenvalue weighted by molar-refractivity contribution is 9.10. The third-order valence-electron chi connectivity index (χ3n) is 2.84. The molecule has 1 amide bonds. The first kappa shape index (κ1) is 13.3. The Balaban J connectivity index is 2.38. The van der Waals surface area contributed by atoms with Crippen molar-refractivity contribution in [2.24, 2.45) is 0 Å². The largest absolute Gasteiger partial charge is 0.396 e. The Morgan fingerprint density at radius 3 is 2.94 bits per heavy atom. The van der Waals surface area contributed by atoms with Crippen molar-refractivity contribution >= 4 is 27.7 Å². The van der Waals surface area contributed by atoms with Gasteiger partial charge in [-0.1, -0.05) is 0 Å². The predicted octanol–water partition coefficient (Wildman–Crippen LogP) is 0.394. The van der Waals surface area contributed by atoms with Gasteiger partial charge in [0.05, 0.1) is 5.56 Å². The van der Waals surface area contributed by atoms with Crippen molar-refractivity contribution in [2.45, 2.75) is 12.8 Å². The number of hydrogen-bond acceptors (Lipinski definition) is 5. The van der Waals surface area contributed by atoms with Gasteiger partial charge in [-0.25, -0.2) is 4.98 Å². The van der Waals surface area contributed by atoms with Crippen LogP contribution in [0.15, 0.2) is 16.7 Å². The van der Waals surface area contributed by atoms with Crippen molar-refractivity contribution in [3.8, 4) is 0 Å². The van der Waals surface area contributed by atoms with E-state index in [1.165, 1.54) is 9.80 Å². The van der Waals surface area contributed by atoms with Crippen LogP contribution in [-0.4, -0.2) is 52.6 Å². The molecule has 2 heterocycles. The topological polar surface area (TPSA) is 76.9 Å². The number of nitrogens with zero attached hydrogens (tertiary/aromatic N) is 3. The van der Waals surface area contributed by atoms with E-state index < -0.39 is 6.35 Å². The molecule has 0 fully saturated rings. The first-order valence-corrected chi connectivity index (χ1v) is 6.34. The van der Waals surface area contributed by atoms with Crippen molar-refractivity contribution in [1.82, 2.24) is 9.88 Å². The smallest absolute Gasteiger partial charge is 0.261 e. The fraction of sp³-hybridized carbons (Fsp3) is 0.455. The van der Waals surface area contributed by atoms with Gasteiger partial charge in [-0.15, -0.1) is 0 Å². The Labute approximate surface area is 113 Å². The molecule has 0 radical (unpaired) electrons. The van der Waals surface area contributed by atoms with Gasteiger partial charge in [0.1, 0.15) is 5.82 Å². The van der Waals surface area contributed by atoms with Gasteiger partial charge in [-0.05, 0) is 28.4 Å². The van der Waals surface area contributed by atoms with Crippen LogP contribution in [0, 0.1) is 0 Å². The lowest BCUT2D eigenvalue weighted by Crippen LogP contribution is -2.54. The minimum atomic E-state index is -1.05. The molecule has 0 spiro atoms. The number of pyridine rings is 1. The maximum absolute atomic E-state index is 12.2. The van der Waals surface area contributed by atoms with E-state index in [9.17, 15) is 9.90 Å². The van der Waals surface area contributed by atoms with Crippen LogP contribution < -0.4 is 4.90 Å². The molecule has 98 valence electrons. The van der Waals surface area contributed by atoms with E-state index in [1.807, 2.05) is 0 Å². The molecule has 1 aromatic heterocycles. The van der Waals surface area contributed by atoms with E-state index in [0.717, 1.165) is 0 Å². The van der Waals surface area contributed by atoms with Crippen LogP contribution in [-0.2, 0) is 0 Å². The zero-order chi connectivity index (χ0) is 13.3. The number of carbonyl (C=O) groups is 1. The predicted molar refractivity (Wildman–Crippen MR) is 69.1 cm³/mol. The molecule has 18 heavy (non-hydrogen) atoms. The normalized spacial score (nSPS) is 19.1. The average molecular weight is 316 g/mol. The van der Waals surface area contributed by atoms with Gasteiger partial charge in [0.25, 0.3) is 5.91 Å². The summed E-state index contributed by atoms with van der Waals surface area (Å²) in [5.41, 5.74) is 0.440. The van der Waals surface area contributed by atoms with Crippen LogP contribution in [0.25, 0.3) is 0 Å². The summed E-state index contributed by atoms with van der Waals surface area (Å²) < 4.78 is 0.710. The van der Waals surface area contributed by atoms with Crippen molar-refractivity contribution in [3.05, 3.63) is 22.3 Å². The molecule has 0 aliphatic carbocycles. The van der Waals surface area contributed by atoms with Crippen molar-refractivity contribution in [3.63, 3.8) is 0 Å². The number of aliphatic hydroxyl groups excluding tert-OH is 2. The molecule has 7 heteroatoms. The first-order chi connectivity index (χ1) is 8.56. The lowest BCUT2D eigenvalue weighted by atomic mass is 10.1. The van der Waals surface area contributed by atoms with Gasteiger partial charge in [0.2, 0.25) is 6.35 Å². The molecule has 2 rings (SSSR count). The van der Waals surface area contributed by atoms with Crippen LogP contribution in [0.2, 0.25) is 0 Å². The molecular formula is C11H14BrN3O3. The molecule has 0 saturated carbocycles. The van der Waals surface area contributed by atoms with E-state index in [0.29, 0.717) is 28.8 Å². The van der Waals surface area contributed by atoms with E-state index >= 15 is 0 Å².